The van der Waals surface area contributed by atoms with Crippen molar-refractivity contribution in [1.82, 2.24) is 9.97 Å². The summed E-state index contributed by atoms with van der Waals surface area (Å²) in [6.45, 7) is 1.95. The van der Waals surface area contributed by atoms with Gasteiger partial charge in [-0.15, -0.1) is 0 Å². The van der Waals surface area contributed by atoms with Crippen LogP contribution in [-0.2, 0) is 0 Å². The van der Waals surface area contributed by atoms with E-state index < -0.39 is 0 Å². The van der Waals surface area contributed by atoms with Gasteiger partial charge in [0.15, 0.2) is 0 Å². The lowest BCUT2D eigenvalue weighted by Crippen LogP contribution is -1.89. The van der Waals surface area contributed by atoms with Crippen molar-refractivity contribution in [3.8, 4) is 11.3 Å². The molecule has 0 unspecified atom stereocenters. The molecule has 0 aromatic carbocycles. The van der Waals surface area contributed by atoms with Crippen molar-refractivity contribution >= 4 is 5.69 Å². The van der Waals surface area contributed by atoms with E-state index in [1.807, 2.05) is 25.1 Å². The molecule has 0 spiro atoms. The van der Waals surface area contributed by atoms with Crippen LogP contribution in [0.1, 0.15) is 5.69 Å². The Morgan fingerprint density at radius 1 is 1.14 bits per heavy atom. The highest BCUT2D eigenvalue weighted by Crippen LogP contribution is 2.17. The van der Waals surface area contributed by atoms with E-state index in [1.165, 1.54) is 0 Å². The highest BCUT2D eigenvalue weighted by molar-refractivity contribution is 5.61. The lowest BCUT2D eigenvalue weighted by molar-refractivity contribution is 1.19. The van der Waals surface area contributed by atoms with Crippen LogP contribution in [0.25, 0.3) is 11.3 Å². The van der Waals surface area contributed by atoms with Crippen LogP contribution in [0.15, 0.2) is 36.7 Å². The van der Waals surface area contributed by atoms with Crippen molar-refractivity contribution in [1.29, 1.82) is 0 Å². The molecule has 0 bridgehead atoms. The first kappa shape index (κ1) is 8.69. The SMILES string of the molecule is Cc1ccc(-c2cc(N)ccn2)cn1. The number of hydrogen-bond acceptors (Lipinski definition) is 3. The van der Waals surface area contributed by atoms with Gasteiger partial charge in [-0.2, -0.15) is 0 Å². The van der Waals surface area contributed by atoms with Gasteiger partial charge in [-0.05, 0) is 31.2 Å². The summed E-state index contributed by atoms with van der Waals surface area (Å²) < 4.78 is 0. The van der Waals surface area contributed by atoms with Gasteiger partial charge in [-0.25, -0.2) is 0 Å². The van der Waals surface area contributed by atoms with Crippen LogP contribution < -0.4 is 5.73 Å². The second kappa shape index (κ2) is 3.46. The number of aromatic nitrogens is 2. The Morgan fingerprint density at radius 2 is 2.00 bits per heavy atom. The molecule has 0 atom stereocenters. The van der Waals surface area contributed by atoms with Crippen LogP contribution in [0.5, 0.6) is 0 Å². The van der Waals surface area contributed by atoms with Gasteiger partial charge in [0.2, 0.25) is 0 Å². The van der Waals surface area contributed by atoms with E-state index in [2.05, 4.69) is 9.97 Å². The maximum atomic E-state index is 5.67. The largest absolute Gasteiger partial charge is 0.399 e. The molecular weight excluding hydrogens is 174 g/mol. The van der Waals surface area contributed by atoms with Crippen molar-refractivity contribution < 1.29 is 0 Å². The van der Waals surface area contributed by atoms with E-state index >= 15 is 0 Å². The molecule has 14 heavy (non-hydrogen) atoms. The first-order valence-corrected chi connectivity index (χ1v) is 4.40. The molecule has 0 aliphatic carbocycles. The Bertz CT molecular complexity index is 435. The zero-order valence-electron chi connectivity index (χ0n) is 7.94. The standard InChI is InChI=1S/C11H11N3/c1-8-2-3-9(7-14-8)11-6-10(12)4-5-13-11/h2-7H,1H3,(H2,12,13). The lowest BCUT2D eigenvalue weighted by Gasteiger charge is -2.01. The van der Waals surface area contributed by atoms with E-state index in [1.54, 1.807) is 18.5 Å². The summed E-state index contributed by atoms with van der Waals surface area (Å²) in [5.41, 5.74) is 9.23. The van der Waals surface area contributed by atoms with Gasteiger partial charge < -0.3 is 5.73 Å². The number of nitrogen functional groups attached to an aromatic ring is 1. The molecule has 0 aliphatic heterocycles. The number of nitrogens with zero attached hydrogens (tertiary/aromatic N) is 2. The van der Waals surface area contributed by atoms with Gasteiger partial charge in [-0.3, -0.25) is 9.97 Å². The zero-order valence-corrected chi connectivity index (χ0v) is 7.94. The van der Waals surface area contributed by atoms with Crippen molar-refractivity contribution in [2.45, 2.75) is 6.92 Å². The minimum Gasteiger partial charge on any atom is -0.399 e. The smallest absolute Gasteiger partial charge is 0.0737 e. The highest BCUT2D eigenvalue weighted by Gasteiger charge is 1.98. The molecule has 2 rings (SSSR count). The minimum absolute atomic E-state index is 0.718. The number of nitrogens with two attached hydrogens (primary N) is 1. The van der Waals surface area contributed by atoms with Crippen molar-refractivity contribution in [3.63, 3.8) is 0 Å². The Labute approximate surface area is 82.6 Å². The Morgan fingerprint density at radius 3 is 2.64 bits per heavy atom. The second-order valence-electron chi connectivity index (χ2n) is 3.16. The quantitative estimate of drug-likeness (QED) is 0.739. The van der Waals surface area contributed by atoms with Crippen LogP contribution in [0, 0.1) is 6.92 Å². The average molecular weight is 185 g/mol. The summed E-state index contributed by atoms with van der Waals surface area (Å²) in [4.78, 5) is 8.42. The average Bonchev–Trinajstić information content (AvgIpc) is 2.19. The first-order valence-electron chi connectivity index (χ1n) is 4.40. The van der Waals surface area contributed by atoms with E-state index in [0.29, 0.717) is 0 Å². The molecule has 0 saturated heterocycles. The molecule has 3 heteroatoms. The summed E-state index contributed by atoms with van der Waals surface area (Å²) in [5.74, 6) is 0. The topological polar surface area (TPSA) is 51.8 Å². The molecule has 2 aromatic rings. The fourth-order valence-electron chi connectivity index (χ4n) is 1.22. The molecule has 3 nitrogen and oxygen atoms in total. The normalized spacial score (nSPS) is 10.1. The number of anilines is 1. The third-order valence-corrected chi connectivity index (χ3v) is 1.99. The molecule has 2 N–H and O–H groups in total. The lowest BCUT2D eigenvalue weighted by atomic mass is 10.2. The summed E-state index contributed by atoms with van der Waals surface area (Å²) in [5, 5.41) is 0. The second-order valence-corrected chi connectivity index (χ2v) is 3.16. The Balaban J connectivity index is 2.44. The molecule has 0 radical (unpaired) electrons. The Hall–Kier alpha value is -1.90. The Kier molecular flexibility index (Phi) is 2.14. The molecule has 0 fully saturated rings. The van der Waals surface area contributed by atoms with Gasteiger partial charge in [0.25, 0.3) is 0 Å². The fourth-order valence-corrected chi connectivity index (χ4v) is 1.22. The molecule has 2 aromatic heterocycles. The summed E-state index contributed by atoms with van der Waals surface area (Å²) in [7, 11) is 0. The maximum absolute atomic E-state index is 5.67. The van der Waals surface area contributed by atoms with E-state index in [9.17, 15) is 0 Å². The van der Waals surface area contributed by atoms with Gasteiger partial charge >= 0.3 is 0 Å². The van der Waals surface area contributed by atoms with E-state index in [0.717, 1.165) is 22.6 Å². The molecular formula is C11H11N3. The predicted octanol–water partition coefficient (Wildman–Crippen LogP) is 2.03. The van der Waals surface area contributed by atoms with Crippen molar-refractivity contribution in [2.24, 2.45) is 0 Å². The summed E-state index contributed by atoms with van der Waals surface area (Å²) in [6, 6.07) is 7.56. The van der Waals surface area contributed by atoms with Crippen LogP contribution in [-0.4, -0.2) is 9.97 Å². The number of rotatable bonds is 1. The van der Waals surface area contributed by atoms with Crippen LogP contribution in [0.3, 0.4) is 0 Å². The number of hydrogen-bond donors (Lipinski definition) is 1. The molecule has 70 valence electrons. The van der Waals surface area contributed by atoms with Gasteiger partial charge in [0.05, 0.1) is 5.69 Å². The predicted molar refractivity (Wildman–Crippen MR) is 56.6 cm³/mol. The highest BCUT2D eigenvalue weighted by atomic mass is 14.7. The molecule has 2 heterocycles. The zero-order chi connectivity index (χ0) is 9.97. The maximum Gasteiger partial charge on any atom is 0.0737 e. The molecule has 0 aliphatic rings. The van der Waals surface area contributed by atoms with E-state index in [4.69, 9.17) is 5.73 Å². The van der Waals surface area contributed by atoms with Crippen molar-refractivity contribution in [3.05, 3.63) is 42.4 Å². The molecule has 0 amide bonds. The fraction of sp³-hybridized carbons (Fsp3) is 0.0909. The third kappa shape index (κ3) is 1.71. The van der Waals surface area contributed by atoms with Crippen molar-refractivity contribution in [2.75, 3.05) is 5.73 Å². The third-order valence-electron chi connectivity index (χ3n) is 1.99. The van der Waals surface area contributed by atoms with Crippen LogP contribution in [0.4, 0.5) is 5.69 Å². The first-order chi connectivity index (χ1) is 6.75. The minimum atomic E-state index is 0.718. The summed E-state index contributed by atoms with van der Waals surface area (Å²) >= 11 is 0. The summed E-state index contributed by atoms with van der Waals surface area (Å²) in [6.07, 6.45) is 3.50. The van der Waals surface area contributed by atoms with Crippen LogP contribution >= 0.6 is 0 Å². The number of aryl methyl sites for hydroxylation is 1. The molecule has 0 saturated carbocycles. The number of pyridine rings is 2. The van der Waals surface area contributed by atoms with E-state index in [-0.39, 0.29) is 0 Å². The van der Waals surface area contributed by atoms with Crippen LogP contribution in [0.2, 0.25) is 0 Å². The monoisotopic (exact) mass is 185 g/mol. The van der Waals surface area contributed by atoms with Gasteiger partial charge in [0, 0.05) is 29.3 Å². The van der Waals surface area contributed by atoms with Gasteiger partial charge in [-0.1, -0.05) is 0 Å². The van der Waals surface area contributed by atoms with Gasteiger partial charge in [0.1, 0.15) is 0 Å².